The summed E-state index contributed by atoms with van der Waals surface area (Å²) in [4.78, 5) is 154. The number of nitrogens with two attached hydrogens (primary N) is 3. The van der Waals surface area contributed by atoms with Crippen LogP contribution in [0.3, 0.4) is 0 Å². The van der Waals surface area contributed by atoms with E-state index >= 15 is 0 Å². The molecule has 0 radical (unpaired) electrons. The largest absolute Gasteiger partial charge is 0.445 e. The van der Waals surface area contributed by atoms with E-state index in [0.717, 1.165) is 49.1 Å². The summed E-state index contributed by atoms with van der Waals surface area (Å²) in [6, 6.07) is 10.0. The summed E-state index contributed by atoms with van der Waals surface area (Å²) in [7, 11) is 0. The van der Waals surface area contributed by atoms with Crippen molar-refractivity contribution >= 4 is 93.7 Å². The van der Waals surface area contributed by atoms with E-state index in [1.165, 1.54) is 25.6 Å². The first-order valence-corrected chi connectivity index (χ1v) is 32.8. The molecule has 5 rings (SSSR count). The number of ketones is 4. The Labute approximate surface area is 573 Å². The number of unbranched alkanes of at least 4 members (excludes halogenated alkanes) is 1. The van der Waals surface area contributed by atoms with Gasteiger partial charge in [0, 0.05) is 117 Å². The monoisotopic (exact) mass is 1390 g/mol. The maximum Gasteiger partial charge on any atom is 0.408 e. The van der Waals surface area contributed by atoms with Gasteiger partial charge in [0.2, 0.25) is 35.4 Å². The van der Waals surface area contributed by atoms with Crippen LogP contribution in [-0.2, 0) is 73.5 Å². The van der Waals surface area contributed by atoms with Crippen molar-refractivity contribution in [2.24, 2.45) is 38.5 Å². The number of nitro benzene ring substituents is 1. The Morgan fingerprint density at radius 3 is 1.82 bits per heavy atom. The number of allylic oxidation sites excluding steroid dienone is 1. The summed E-state index contributed by atoms with van der Waals surface area (Å²) >= 11 is 2.05. The van der Waals surface area contributed by atoms with Crippen LogP contribution < -0.4 is 49.1 Å². The Morgan fingerprint density at radius 1 is 0.724 bits per heavy atom. The highest BCUT2D eigenvalue weighted by atomic mass is 32.2. The molecule has 0 aromatic heterocycles. The number of hydrogen-bond acceptors (Lipinski definition) is 23. The van der Waals surface area contributed by atoms with E-state index in [2.05, 4.69) is 70.5 Å². The van der Waals surface area contributed by atoms with Crippen molar-refractivity contribution in [2.75, 3.05) is 58.5 Å². The topological polar surface area (TPSA) is 509 Å². The number of azide groups is 1. The summed E-state index contributed by atoms with van der Waals surface area (Å²) in [6.07, 6.45) is 4.43. The van der Waals surface area contributed by atoms with Gasteiger partial charge in [-0.3, -0.25) is 53.3 Å². The highest BCUT2D eigenvalue weighted by Gasteiger charge is 2.41. The van der Waals surface area contributed by atoms with E-state index in [1.54, 1.807) is 0 Å². The lowest BCUT2D eigenvalue weighted by molar-refractivity contribution is -0.385. The quantitative estimate of drug-likeness (QED) is 0.0104. The molecule has 2 aromatic carbocycles. The average Bonchev–Trinajstić information content (AvgIpc) is 1.40. The Hall–Kier alpha value is -9.24. The first-order valence-electron chi connectivity index (χ1n) is 31.8. The number of rotatable bonds is 46. The maximum absolute atomic E-state index is 12.6. The van der Waals surface area contributed by atoms with Gasteiger partial charge in [0.25, 0.3) is 11.6 Å². The van der Waals surface area contributed by atoms with Gasteiger partial charge < -0.3 is 77.6 Å². The normalized spacial score (nSPS) is 15.8. The van der Waals surface area contributed by atoms with Crippen LogP contribution in [0.25, 0.3) is 10.4 Å². The predicted molar refractivity (Wildman–Crippen MR) is 360 cm³/mol. The Bertz CT molecular complexity index is 3110. The van der Waals surface area contributed by atoms with Crippen molar-refractivity contribution in [3.05, 3.63) is 92.5 Å². The molecule has 0 bridgehead atoms. The lowest BCUT2D eigenvalue weighted by atomic mass is 9.94. The molecule has 2 aromatic rings. The molecule has 0 spiro atoms. The number of carbonyl (C=O) groups is 12. The molecule has 2 saturated heterocycles. The third-order valence-corrected chi connectivity index (χ3v) is 16.5. The van der Waals surface area contributed by atoms with Crippen molar-refractivity contribution in [1.29, 1.82) is 0 Å². The lowest BCUT2D eigenvalue weighted by Crippen LogP contribution is -2.48. The number of Topliss-reactive ketones (excluding diaryl/α,β-unsaturated/α-hetero) is 4. The van der Waals surface area contributed by atoms with Crippen molar-refractivity contribution in [3.8, 4) is 0 Å². The molecule has 6 atom stereocenters. The number of nitrogens with zero attached hydrogens (tertiary/aromatic N) is 6. The molecule has 12 N–H and O–H groups in total. The second-order valence-electron chi connectivity index (χ2n) is 23.1. The summed E-state index contributed by atoms with van der Waals surface area (Å²) in [6.45, 7) is 11.4. The number of alkyl carbamates (subject to hydrolysis) is 1. The highest BCUT2D eigenvalue weighted by Crippen LogP contribution is 2.42. The molecular formula is C64H95N15O18S. The van der Waals surface area contributed by atoms with Crippen LogP contribution in [0.2, 0.25) is 0 Å². The molecule has 3 aliphatic rings. The number of nitro groups is 1. The van der Waals surface area contributed by atoms with Crippen LogP contribution in [0.4, 0.5) is 16.2 Å². The average molecular weight is 1390 g/mol. The number of amides is 8. The van der Waals surface area contributed by atoms with Gasteiger partial charge in [0.1, 0.15) is 29.8 Å². The minimum Gasteiger partial charge on any atom is -0.445 e. The predicted octanol–water partition coefficient (Wildman–Crippen LogP) is 5.11. The van der Waals surface area contributed by atoms with E-state index < -0.39 is 75.8 Å². The Balaban J connectivity index is 0.000000545. The molecule has 0 aliphatic carbocycles. The smallest absolute Gasteiger partial charge is 0.408 e. The minimum atomic E-state index is -1.14. The second-order valence-corrected chi connectivity index (χ2v) is 24.4. The van der Waals surface area contributed by atoms with E-state index in [4.69, 9.17) is 41.7 Å². The van der Waals surface area contributed by atoms with Gasteiger partial charge in [-0.05, 0) is 82.4 Å². The van der Waals surface area contributed by atoms with E-state index in [1.807, 2.05) is 37.3 Å². The van der Waals surface area contributed by atoms with Crippen molar-refractivity contribution < 1.29 is 81.4 Å². The van der Waals surface area contributed by atoms with Gasteiger partial charge in [-0.1, -0.05) is 61.9 Å². The first kappa shape index (κ1) is 84.8. The molecule has 98 heavy (non-hydrogen) atoms. The second kappa shape index (κ2) is 46.8. The highest BCUT2D eigenvalue weighted by molar-refractivity contribution is 8.00. The molecule has 2 fully saturated rings. The van der Waals surface area contributed by atoms with Crippen molar-refractivity contribution in [2.45, 2.75) is 179 Å². The van der Waals surface area contributed by atoms with Crippen molar-refractivity contribution in [3.63, 3.8) is 0 Å². The minimum absolute atomic E-state index is 0. The van der Waals surface area contributed by atoms with Gasteiger partial charge in [-0.15, -0.1) is 0 Å². The number of ether oxygens (including phenoxy) is 4. The molecule has 0 saturated carbocycles. The van der Waals surface area contributed by atoms with Gasteiger partial charge >= 0.3 is 6.09 Å². The molecule has 3 heterocycles. The number of thioether (sulfide) groups is 1. The van der Waals surface area contributed by atoms with Gasteiger partial charge in [-0.2, -0.15) is 22.0 Å². The molecule has 540 valence electrons. The molecule has 34 heteroatoms. The fourth-order valence-corrected chi connectivity index (χ4v) is 11.2. The molecule has 8 amide bonds. The third-order valence-electron chi connectivity index (χ3n) is 14.9. The SMILES string of the molecule is C.C=C1CC2C(CSC2CCCCC(=O)NCCOCCOCCOCCNC(=O)C(CCC(N)=O)NC(=O)OCc2ccccc2)N1.CC(=O)CCC(=O)C(CCC(N)=O)NC(=O)CCC1(C)N=N1.CC(=O)CCC(=O)C(CCC(N)=O)NC(=O)c1ccc(N=[N+]=[N-])cc1[N+](=O)[O-]. The third kappa shape index (κ3) is 36.8. The molecule has 6 unspecified atom stereocenters. The summed E-state index contributed by atoms with van der Waals surface area (Å²) < 4.78 is 21.6. The lowest BCUT2D eigenvalue weighted by Gasteiger charge is -2.18. The maximum atomic E-state index is 12.6. The summed E-state index contributed by atoms with van der Waals surface area (Å²) in [5.74, 6) is -2.68. The molecule has 33 nitrogen and oxygen atoms in total. The fraction of sp³-hybridized carbons (Fsp3) is 0.594. The number of fused-ring (bicyclic) bond motifs is 1. The van der Waals surface area contributed by atoms with Crippen LogP contribution in [0.5, 0.6) is 0 Å². The van der Waals surface area contributed by atoms with E-state index in [9.17, 15) is 67.6 Å². The van der Waals surface area contributed by atoms with E-state index in [0.29, 0.717) is 69.6 Å². The Morgan fingerprint density at radius 2 is 1.28 bits per heavy atom. The number of carbonyl (C=O) groups excluding carboxylic acids is 12. The first-order chi connectivity index (χ1) is 46.2. The van der Waals surface area contributed by atoms with Crippen LogP contribution >= 0.6 is 11.8 Å². The van der Waals surface area contributed by atoms with Crippen molar-refractivity contribution in [1.82, 2.24) is 31.9 Å². The number of primary amides is 3. The zero-order valence-electron chi connectivity index (χ0n) is 55.1. The molecule has 3 aliphatic heterocycles. The summed E-state index contributed by atoms with van der Waals surface area (Å²) in [5, 5.41) is 39.3. The zero-order valence-corrected chi connectivity index (χ0v) is 55.9. The van der Waals surface area contributed by atoms with Crippen LogP contribution in [0, 0.1) is 16.0 Å². The number of benzene rings is 2. The van der Waals surface area contributed by atoms with Gasteiger partial charge in [0.05, 0.1) is 56.6 Å². The van der Waals surface area contributed by atoms with Crippen LogP contribution in [0.1, 0.15) is 153 Å². The number of hydrogen-bond donors (Lipinski definition) is 9. The Kier molecular flexibility index (Phi) is 40.6. The summed E-state index contributed by atoms with van der Waals surface area (Å²) in [5.41, 5.74) is 24.2. The van der Waals surface area contributed by atoms with Crippen LogP contribution in [-0.4, -0.2) is 169 Å². The fourth-order valence-electron chi connectivity index (χ4n) is 9.58. The zero-order chi connectivity index (χ0) is 71.7. The van der Waals surface area contributed by atoms with Gasteiger partial charge in [0.15, 0.2) is 17.2 Å². The standard InChI is InChI=1S/C33H51N5O8S.C16H18N6O6.C14H22N4O4.CH4/c1-24-21-26-28(37-24)23-47-29(26)9-5-6-10-31(40)35-13-15-43-17-19-45-20-18-44-16-14-36-32(41)27(11-12-30(34)39)38-33(42)46-22-25-7-3-2-4-8-25;1-9(23)2-6-14(24)12(5-7-15(17)25)19-16(26)11-4-3-10(20-21-18)8-13(11)22(27)28;1-9(19)3-5-11(20)10(4-6-12(15)21)16-13(22)7-8-14(2)17-18-14;/h2-4,7-8,26-29,37H,1,5-6,9-23H2,(H2,34,39)(H,35,40)(H,36,41)(H,38,42);3-4,8,12H,2,5-7H2,1H3,(H2,17,25)(H,19,26);10H,3-8H2,1-2H3,(H2,15,21)(H,16,22);1H4. The van der Waals surface area contributed by atoms with E-state index in [-0.39, 0.29) is 138 Å². The van der Waals surface area contributed by atoms with Crippen LogP contribution in [0.15, 0.2) is 76.1 Å². The number of nitrogens with one attached hydrogen (secondary N) is 6. The van der Waals surface area contributed by atoms with Gasteiger partial charge in [-0.25, -0.2) is 4.79 Å². The molecular weight excluding hydrogens is 1300 g/mol.